The Kier molecular flexibility index (Phi) is 4.08. The maximum Gasteiger partial charge on any atom is 0.243 e. The van der Waals surface area contributed by atoms with Crippen LogP contribution in [-0.2, 0) is 10.0 Å². The summed E-state index contributed by atoms with van der Waals surface area (Å²) in [7, 11) is -3.31. The third kappa shape index (κ3) is 3.00. The molecule has 1 aromatic carbocycles. The lowest BCUT2D eigenvalue weighted by atomic mass is 10.0. The van der Waals surface area contributed by atoms with Gasteiger partial charge in [-0.2, -0.15) is 4.31 Å². The van der Waals surface area contributed by atoms with Crippen LogP contribution in [0.1, 0.15) is 13.8 Å². The minimum atomic E-state index is -3.31. The molecule has 2 atom stereocenters. The topological polar surface area (TPSA) is 40.6 Å². The Morgan fingerprint density at radius 1 is 1.05 bits per heavy atom. The number of likely N-dealkylation sites (tertiary alicyclic amines) is 1. The second-order valence-electron chi connectivity index (χ2n) is 6.77. The van der Waals surface area contributed by atoms with Gasteiger partial charge in [0.15, 0.2) is 0 Å². The van der Waals surface area contributed by atoms with Gasteiger partial charge < -0.3 is 4.90 Å². The molecule has 21 heavy (non-hydrogen) atoms. The highest BCUT2D eigenvalue weighted by Gasteiger charge is 2.44. The fourth-order valence-electron chi connectivity index (χ4n) is 3.65. The van der Waals surface area contributed by atoms with E-state index in [4.69, 9.17) is 0 Å². The number of benzene rings is 1. The normalized spacial score (nSPS) is 27.4. The molecule has 3 rings (SSSR count). The third-order valence-electron chi connectivity index (χ3n) is 4.53. The first kappa shape index (κ1) is 15.0. The molecular formula is C16H24N2O2S. The highest BCUT2D eigenvalue weighted by Crippen LogP contribution is 2.34. The molecule has 116 valence electrons. The van der Waals surface area contributed by atoms with Crippen LogP contribution in [0.2, 0.25) is 0 Å². The average molecular weight is 308 g/mol. The monoisotopic (exact) mass is 308 g/mol. The van der Waals surface area contributed by atoms with Crippen molar-refractivity contribution in [1.82, 2.24) is 9.21 Å². The number of nitrogens with zero attached hydrogens (tertiary/aromatic N) is 2. The predicted molar refractivity (Wildman–Crippen MR) is 83.5 cm³/mol. The van der Waals surface area contributed by atoms with Crippen LogP contribution in [0.3, 0.4) is 0 Å². The zero-order valence-corrected chi connectivity index (χ0v) is 13.6. The second kappa shape index (κ2) is 5.71. The molecule has 2 aliphatic rings. The van der Waals surface area contributed by atoms with E-state index >= 15 is 0 Å². The number of rotatable bonds is 4. The summed E-state index contributed by atoms with van der Waals surface area (Å²) >= 11 is 0. The van der Waals surface area contributed by atoms with Gasteiger partial charge in [0, 0.05) is 32.7 Å². The molecule has 0 amide bonds. The van der Waals surface area contributed by atoms with E-state index in [1.807, 2.05) is 6.07 Å². The largest absolute Gasteiger partial charge is 0.302 e. The van der Waals surface area contributed by atoms with Crippen molar-refractivity contribution in [2.24, 2.45) is 17.8 Å². The van der Waals surface area contributed by atoms with Crippen molar-refractivity contribution in [3.05, 3.63) is 30.3 Å². The molecule has 0 N–H and O–H groups in total. The van der Waals surface area contributed by atoms with Gasteiger partial charge in [0.05, 0.1) is 4.90 Å². The molecule has 0 saturated carbocycles. The first-order valence-electron chi connectivity index (χ1n) is 7.74. The van der Waals surface area contributed by atoms with Gasteiger partial charge >= 0.3 is 0 Å². The van der Waals surface area contributed by atoms with E-state index in [1.165, 1.54) is 0 Å². The molecule has 2 aliphatic heterocycles. The second-order valence-corrected chi connectivity index (χ2v) is 8.71. The zero-order valence-electron chi connectivity index (χ0n) is 12.8. The number of fused-ring (bicyclic) bond motifs is 1. The lowest BCUT2D eigenvalue weighted by Crippen LogP contribution is -2.34. The van der Waals surface area contributed by atoms with Gasteiger partial charge in [-0.1, -0.05) is 32.0 Å². The molecule has 5 heteroatoms. The summed E-state index contributed by atoms with van der Waals surface area (Å²) < 4.78 is 27.0. The van der Waals surface area contributed by atoms with Crippen LogP contribution in [0, 0.1) is 17.8 Å². The Labute approximate surface area is 127 Å². The summed E-state index contributed by atoms with van der Waals surface area (Å²) in [5.74, 6) is 1.68. The number of hydrogen-bond donors (Lipinski definition) is 0. The molecule has 0 bridgehead atoms. The molecule has 4 nitrogen and oxygen atoms in total. The Morgan fingerprint density at radius 3 is 2.14 bits per heavy atom. The lowest BCUT2D eigenvalue weighted by molar-refractivity contribution is 0.267. The summed E-state index contributed by atoms with van der Waals surface area (Å²) in [6, 6.07) is 8.80. The van der Waals surface area contributed by atoms with Gasteiger partial charge in [-0.05, 0) is 29.9 Å². The lowest BCUT2D eigenvalue weighted by Gasteiger charge is -2.22. The van der Waals surface area contributed by atoms with E-state index in [0.29, 0.717) is 35.7 Å². The van der Waals surface area contributed by atoms with Crippen molar-refractivity contribution < 1.29 is 8.42 Å². The van der Waals surface area contributed by atoms with Crippen LogP contribution in [0.5, 0.6) is 0 Å². The highest BCUT2D eigenvalue weighted by molar-refractivity contribution is 7.89. The quantitative estimate of drug-likeness (QED) is 0.853. The van der Waals surface area contributed by atoms with E-state index in [2.05, 4.69) is 18.7 Å². The molecule has 2 saturated heterocycles. The van der Waals surface area contributed by atoms with Gasteiger partial charge in [-0.3, -0.25) is 0 Å². The summed E-state index contributed by atoms with van der Waals surface area (Å²) in [4.78, 5) is 2.91. The van der Waals surface area contributed by atoms with E-state index in [-0.39, 0.29) is 0 Å². The molecule has 0 unspecified atom stereocenters. The van der Waals surface area contributed by atoms with Gasteiger partial charge in [0.25, 0.3) is 0 Å². The minimum absolute atomic E-state index is 0.420. The van der Waals surface area contributed by atoms with Gasteiger partial charge in [0.2, 0.25) is 10.0 Å². The molecule has 0 radical (unpaired) electrons. The fraction of sp³-hybridized carbons (Fsp3) is 0.625. The van der Waals surface area contributed by atoms with Crippen LogP contribution in [0.4, 0.5) is 0 Å². The molecule has 0 aliphatic carbocycles. The summed E-state index contributed by atoms with van der Waals surface area (Å²) in [6.45, 7) is 9.04. The van der Waals surface area contributed by atoms with E-state index in [0.717, 1.165) is 19.6 Å². The van der Waals surface area contributed by atoms with Gasteiger partial charge in [-0.15, -0.1) is 0 Å². The van der Waals surface area contributed by atoms with E-state index < -0.39 is 10.0 Å². The van der Waals surface area contributed by atoms with Crippen LogP contribution >= 0.6 is 0 Å². The highest BCUT2D eigenvalue weighted by atomic mass is 32.2. The van der Waals surface area contributed by atoms with Crippen LogP contribution in [0.15, 0.2) is 35.2 Å². The average Bonchev–Trinajstić information content (AvgIpc) is 2.97. The van der Waals surface area contributed by atoms with Crippen molar-refractivity contribution >= 4 is 10.0 Å². The summed E-state index contributed by atoms with van der Waals surface area (Å²) in [6.07, 6.45) is 0. The first-order chi connectivity index (χ1) is 9.96. The Balaban J connectivity index is 1.68. The van der Waals surface area contributed by atoms with Crippen LogP contribution < -0.4 is 0 Å². The van der Waals surface area contributed by atoms with Gasteiger partial charge in [0.1, 0.15) is 0 Å². The van der Waals surface area contributed by atoms with Crippen molar-refractivity contribution in [2.45, 2.75) is 18.7 Å². The van der Waals surface area contributed by atoms with Crippen molar-refractivity contribution in [3.63, 3.8) is 0 Å². The third-order valence-corrected chi connectivity index (χ3v) is 6.38. The smallest absolute Gasteiger partial charge is 0.243 e. The number of hydrogen-bond acceptors (Lipinski definition) is 3. The van der Waals surface area contributed by atoms with Crippen molar-refractivity contribution in [3.8, 4) is 0 Å². The van der Waals surface area contributed by atoms with E-state index in [1.54, 1.807) is 28.6 Å². The Hall–Kier alpha value is -0.910. The van der Waals surface area contributed by atoms with Crippen molar-refractivity contribution in [1.29, 1.82) is 0 Å². The predicted octanol–water partition coefficient (Wildman–Crippen LogP) is 1.89. The Morgan fingerprint density at radius 2 is 1.62 bits per heavy atom. The minimum Gasteiger partial charge on any atom is -0.302 e. The molecule has 0 aromatic heterocycles. The first-order valence-corrected chi connectivity index (χ1v) is 9.18. The van der Waals surface area contributed by atoms with Crippen LogP contribution in [-0.4, -0.2) is 50.3 Å². The molecule has 2 fully saturated rings. The molecule has 0 spiro atoms. The standard InChI is InChI=1S/C16H24N2O2S/c1-13(2)8-17-9-14-11-18(12-15(14)10-17)21(19,20)16-6-4-3-5-7-16/h3-7,13-15H,8-12H2,1-2H3/t14-,15-/m1/s1. The molecular weight excluding hydrogens is 284 g/mol. The molecule has 2 heterocycles. The summed E-state index contributed by atoms with van der Waals surface area (Å²) in [5, 5.41) is 0. The fourth-order valence-corrected chi connectivity index (χ4v) is 5.23. The molecule has 1 aromatic rings. The zero-order chi connectivity index (χ0) is 15.0. The van der Waals surface area contributed by atoms with E-state index in [9.17, 15) is 8.42 Å². The van der Waals surface area contributed by atoms with Crippen molar-refractivity contribution in [2.75, 3.05) is 32.7 Å². The van der Waals surface area contributed by atoms with Crippen LogP contribution in [0.25, 0.3) is 0 Å². The maximum atomic E-state index is 12.6. The maximum absolute atomic E-state index is 12.6. The van der Waals surface area contributed by atoms with Gasteiger partial charge in [-0.25, -0.2) is 8.42 Å². The summed E-state index contributed by atoms with van der Waals surface area (Å²) in [5.41, 5.74) is 0. The Bertz CT molecular complexity index is 572. The SMILES string of the molecule is CC(C)CN1C[C@@H]2CN(S(=O)(=O)c3ccccc3)C[C@H]2C1. The number of sulfonamides is 1.